The molecule has 1 atom stereocenters. The molecule has 2 aromatic rings. The fraction of sp³-hybridized carbons (Fsp3) is 0.111. The number of carbonyl (C=O) groups excluding carboxylic acids is 2. The van der Waals surface area contributed by atoms with Crippen LogP contribution in [0.4, 0.5) is 5.69 Å². The number of hydrogen-bond acceptors (Lipinski definition) is 3. The Balaban J connectivity index is 1.74. The molecule has 5 nitrogen and oxygen atoms in total. The molecule has 0 saturated carbocycles. The van der Waals surface area contributed by atoms with Crippen molar-refractivity contribution >= 4 is 17.5 Å². The van der Waals surface area contributed by atoms with Crippen molar-refractivity contribution in [3.8, 4) is 5.75 Å². The molecule has 1 aliphatic rings. The quantitative estimate of drug-likeness (QED) is 0.853. The van der Waals surface area contributed by atoms with Crippen molar-refractivity contribution in [2.45, 2.75) is 6.04 Å². The third kappa shape index (κ3) is 3.23. The Morgan fingerprint density at radius 3 is 2.43 bits per heavy atom. The highest BCUT2D eigenvalue weighted by Gasteiger charge is 2.28. The molecule has 0 bridgehead atoms. The Bertz CT molecular complexity index is 752. The number of benzene rings is 2. The predicted octanol–water partition coefficient (Wildman–Crippen LogP) is 2.43. The number of carbonyl (C=O) groups is 2. The zero-order valence-corrected chi connectivity index (χ0v) is 12.6. The molecule has 1 heterocycles. The zero-order chi connectivity index (χ0) is 16.2. The molecule has 0 aliphatic carbocycles. The summed E-state index contributed by atoms with van der Waals surface area (Å²) in [7, 11) is 1.57. The first-order valence-corrected chi connectivity index (χ1v) is 7.20. The molecule has 116 valence electrons. The van der Waals surface area contributed by atoms with E-state index < -0.39 is 5.91 Å². The van der Waals surface area contributed by atoms with Crippen molar-refractivity contribution in [3.05, 3.63) is 71.8 Å². The Kier molecular flexibility index (Phi) is 4.10. The lowest BCUT2D eigenvalue weighted by Crippen LogP contribution is -2.26. The van der Waals surface area contributed by atoms with Crippen LogP contribution < -0.4 is 15.4 Å². The highest BCUT2D eigenvalue weighted by Crippen LogP contribution is 2.23. The standard InChI is InChI=1S/C18H16N2O3/c1-23-14-9-7-13(8-10-14)19-17(21)15-11-16(20-18(15)22)12-5-3-2-4-6-12/h2-11,16H,1H3,(H,19,21)(H,20,22). The highest BCUT2D eigenvalue weighted by atomic mass is 16.5. The van der Waals surface area contributed by atoms with Crippen molar-refractivity contribution in [2.24, 2.45) is 0 Å². The molecule has 0 saturated heterocycles. The maximum atomic E-state index is 12.3. The van der Waals surface area contributed by atoms with Crippen LogP contribution in [0.5, 0.6) is 5.75 Å². The maximum absolute atomic E-state index is 12.3. The molecule has 1 aliphatic heterocycles. The molecule has 0 spiro atoms. The van der Waals surface area contributed by atoms with E-state index in [0.717, 1.165) is 5.56 Å². The molecule has 0 radical (unpaired) electrons. The lowest BCUT2D eigenvalue weighted by atomic mass is 10.1. The van der Waals surface area contributed by atoms with E-state index >= 15 is 0 Å². The normalized spacial score (nSPS) is 16.5. The Morgan fingerprint density at radius 1 is 1.09 bits per heavy atom. The van der Waals surface area contributed by atoms with E-state index in [2.05, 4.69) is 10.6 Å². The van der Waals surface area contributed by atoms with Crippen molar-refractivity contribution < 1.29 is 14.3 Å². The number of methoxy groups -OCH3 is 1. The van der Waals surface area contributed by atoms with Crippen LogP contribution in [0.1, 0.15) is 11.6 Å². The number of amides is 2. The van der Waals surface area contributed by atoms with Gasteiger partial charge in [-0.1, -0.05) is 30.3 Å². The van der Waals surface area contributed by atoms with Crippen LogP contribution in [0.25, 0.3) is 0 Å². The fourth-order valence-electron chi connectivity index (χ4n) is 2.39. The minimum absolute atomic E-state index is 0.120. The lowest BCUT2D eigenvalue weighted by Gasteiger charge is -2.07. The fourth-order valence-corrected chi connectivity index (χ4v) is 2.39. The molecule has 23 heavy (non-hydrogen) atoms. The molecule has 0 aromatic heterocycles. The zero-order valence-electron chi connectivity index (χ0n) is 12.6. The monoisotopic (exact) mass is 308 g/mol. The second-order valence-electron chi connectivity index (χ2n) is 5.12. The summed E-state index contributed by atoms with van der Waals surface area (Å²) in [6.07, 6.45) is 1.65. The number of rotatable bonds is 4. The number of hydrogen-bond donors (Lipinski definition) is 2. The van der Waals surface area contributed by atoms with E-state index in [0.29, 0.717) is 11.4 Å². The van der Waals surface area contributed by atoms with E-state index in [1.165, 1.54) is 0 Å². The van der Waals surface area contributed by atoms with Gasteiger partial charge in [-0.25, -0.2) is 0 Å². The summed E-state index contributed by atoms with van der Waals surface area (Å²) in [5.41, 5.74) is 1.66. The van der Waals surface area contributed by atoms with E-state index in [1.54, 1.807) is 37.5 Å². The third-order valence-corrected chi connectivity index (χ3v) is 3.62. The molecule has 2 amide bonds. The van der Waals surface area contributed by atoms with Gasteiger partial charge in [0.2, 0.25) is 0 Å². The smallest absolute Gasteiger partial charge is 0.261 e. The van der Waals surface area contributed by atoms with Crippen LogP contribution in [-0.4, -0.2) is 18.9 Å². The maximum Gasteiger partial charge on any atom is 0.261 e. The second kappa shape index (κ2) is 6.36. The van der Waals surface area contributed by atoms with Gasteiger partial charge in [0.15, 0.2) is 0 Å². The molecule has 2 N–H and O–H groups in total. The highest BCUT2D eigenvalue weighted by molar-refractivity contribution is 6.24. The van der Waals surface area contributed by atoms with E-state index in [9.17, 15) is 9.59 Å². The van der Waals surface area contributed by atoms with Crippen LogP contribution in [0, 0.1) is 0 Å². The van der Waals surface area contributed by atoms with Crippen molar-refractivity contribution in [2.75, 3.05) is 12.4 Å². The molecule has 3 rings (SSSR count). The minimum atomic E-state index is -0.425. The van der Waals surface area contributed by atoms with Gasteiger partial charge in [-0.05, 0) is 35.9 Å². The topological polar surface area (TPSA) is 67.4 Å². The first kappa shape index (κ1) is 14.8. The molecular weight excluding hydrogens is 292 g/mol. The average Bonchev–Trinajstić information content (AvgIpc) is 2.98. The van der Waals surface area contributed by atoms with Gasteiger partial charge in [0.25, 0.3) is 11.8 Å². The first-order valence-electron chi connectivity index (χ1n) is 7.20. The third-order valence-electron chi connectivity index (χ3n) is 3.62. The van der Waals surface area contributed by atoms with Crippen molar-refractivity contribution in [1.82, 2.24) is 5.32 Å². The van der Waals surface area contributed by atoms with Crippen molar-refractivity contribution in [1.29, 1.82) is 0 Å². The van der Waals surface area contributed by atoms with Gasteiger partial charge in [0, 0.05) is 5.69 Å². The van der Waals surface area contributed by atoms with Crippen molar-refractivity contribution in [3.63, 3.8) is 0 Å². The second-order valence-corrected chi connectivity index (χ2v) is 5.12. The number of anilines is 1. The number of ether oxygens (including phenoxy) is 1. The molecule has 2 aromatic carbocycles. The summed E-state index contributed by atoms with van der Waals surface area (Å²) < 4.78 is 5.07. The molecule has 5 heteroatoms. The summed E-state index contributed by atoms with van der Waals surface area (Å²) >= 11 is 0. The molecule has 0 fully saturated rings. The Hall–Kier alpha value is -3.08. The first-order chi connectivity index (χ1) is 11.2. The summed E-state index contributed by atoms with van der Waals surface area (Å²) in [6.45, 7) is 0. The van der Waals surface area contributed by atoms with E-state index in [1.807, 2.05) is 30.3 Å². The lowest BCUT2D eigenvalue weighted by molar-refractivity contribution is -0.120. The average molecular weight is 308 g/mol. The van der Waals surface area contributed by atoms with Crippen LogP contribution in [0.15, 0.2) is 66.2 Å². The van der Waals surface area contributed by atoms with Gasteiger partial charge >= 0.3 is 0 Å². The van der Waals surface area contributed by atoms with Crippen LogP contribution in [0.2, 0.25) is 0 Å². The van der Waals surface area contributed by atoms with Gasteiger partial charge in [-0.3, -0.25) is 9.59 Å². The SMILES string of the molecule is COc1ccc(NC(=O)C2=CC(c3ccccc3)NC2=O)cc1. The Morgan fingerprint density at radius 2 is 1.78 bits per heavy atom. The van der Waals surface area contributed by atoms with Gasteiger partial charge < -0.3 is 15.4 Å². The summed E-state index contributed by atoms with van der Waals surface area (Å²) in [4.78, 5) is 24.3. The van der Waals surface area contributed by atoms with E-state index in [-0.39, 0.29) is 17.5 Å². The minimum Gasteiger partial charge on any atom is -0.497 e. The summed E-state index contributed by atoms with van der Waals surface area (Å²) in [6, 6.07) is 16.2. The van der Waals surface area contributed by atoms with Crippen LogP contribution >= 0.6 is 0 Å². The predicted molar refractivity (Wildman–Crippen MR) is 87.0 cm³/mol. The van der Waals surface area contributed by atoms with Gasteiger partial charge in [-0.15, -0.1) is 0 Å². The molecule has 1 unspecified atom stereocenters. The number of nitrogens with one attached hydrogen (secondary N) is 2. The van der Waals surface area contributed by atoms with Gasteiger partial charge in [0.05, 0.1) is 13.2 Å². The summed E-state index contributed by atoms with van der Waals surface area (Å²) in [5, 5.41) is 5.51. The Labute approximate surface area is 134 Å². The van der Waals surface area contributed by atoms with Gasteiger partial charge in [-0.2, -0.15) is 0 Å². The largest absolute Gasteiger partial charge is 0.497 e. The van der Waals surface area contributed by atoms with Crippen LogP contribution in [-0.2, 0) is 9.59 Å². The molecular formula is C18H16N2O3. The van der Waals surface area contributed by atoms with Crippen LogP contribution in [0.3, 0.4) is 0 Å². The summed E-state index contributed by atoms with van der Waals surface area (Å²) in [5.74, 6) is -0.0964. The van der Waals surface area contributed by atoms with E-state index in [4.69, 9.17) is 4.74 Å². The van der Waals surface area contributed by atoms with Gasteiger partial charge in [0.1, 0.15) is 11.3 Å².